The van der Waals surface area contributed by atoms with Crippen LogP contribution in [-0.2, 0) is 16.4 Å². The minimum Gasteiger partial charge on any atom is -0.469 e. The Bertz CT molecular complexity index is 930. The van der Waals surface area contributed by atoms with Crippen LogP contribution in [0.5, 0.6) is 0 Å². The van der Waals surface area contributed by atoms with Crippen LogP contribution in [-0.4, -0.2) is 17.2 Å². The first kappa shape index (κ1) is 13.9. The Morgan fingerprint density at radius 1 is 1.27 bits per heavy atom. The lowest BCUT2D eigenvalue weighted by Gasteiger charge is -2.22. The predicted molar refractivity (Wildman–Crippen MR) is 82.1 cm³/mol. The summed E-state index contributed by atoms with van der Waals surface area (Å²) in [5.41, 5.74) is 1.95. The smallest absolute Gasteiger partial charge is 0.243 e. The molecule has 1 aliphatic rings. The molecule has 3 aromatic rings. The highest BCUT2D eigenvalue weighted by atomic mass is 32.2. The van der Waals surface area contributed by atoms with Crippen molar-refractivity contribution in [3.05, 3.63) is 41.9 Å². The second-order valence-electron chi connectivity index (χ2n) is 5.25. The highest BCUT2D eigenvalue weighted by Gasteiger charge is 2.28. The van der Waals surface area contributed by atoms with Gasteiger partial charge in [0, 0.05) is 12.0 Å². The van der Waals surface area contributed by atoms with Gasteiger partial charge < -0.3 is 4.42 Å². The minimum absolute atomic E-state index is 0.175. The maximum absolute atomic E-state index is 12.7. The van der Waals surface area contributed by atoms with Crippen molar-refractivity contribution in [3.63, 3.8) is 0 Å². The summed E-state index contributed by atoms with van der Waals surface area (Å²) >= 11 is 1.01. The van der Waals surface area contributed by atoms with Crippen LogP contribution in [0.2, 0.25) is 0 Å². The molecule has 0 amide bonds. The van der Waals surface area contributed by atoms with Gasteiger partial charge in [-0.25, -0.2) is 13.1 Å². The van der Waals surface area contributed by atoms with Crippen LogP contribution in [0.15, 0.2) is 39.8 Å². The molecular formula is C14H13N3O3S2. The molecule has 8 heteroatoms. The molecule has 2 aromatic heterocycles. The van der Waals surface area contributed by atoms with Gasteiger partial charge in [0.1, 0.15) is 21.7 Å². The van der Waals surface area contributed by atoms with E-state index < -0.39 is 10.0 Å². The minimum atomic E-state index is -3.66. The average Bonchev–Trinajstić information content (AvgIpc) is 3.15. The summed E-state index contributed by atoms with van der Waals surface area (Å²) in [4.78, 5) is 0.175. The van der Waals surface area contributed by atoms with E-state index in [1.807, 2.05) is 6.07 Å². The van der Waals surface area contributed by atoms with Crippen molar-refractivity contribution in [2.24, 2.45) is 0 Å². The average molecular weight is 335 g/mol. The van der Waals surface area contributed by atoms with Crippen molar-refractivity contribution >= 4 is 32.8 Å². The van der Waals surface area contributed by atoms with Crippen molar-refractivity contribution in [1.82, 2.24) is 13.5 Å². The van der Waals surface area contributed by atoms with Gasteiger partial charge in [-0.2, -0.15) is 8.75 Å². The number of benzene rings is 1. The van der Waals surface area contributed by atoms with E-state index in [1.165, 1.54) is 0 Å². The fraction of sp³-hybridized carbons (Fsp3) is 0.286. The first-order chi connectivity index (χ1) is 10.6. The van der Waals surface area contributed by atoms with Gasteiger partial charge in [-0.3, -0.25) is 0 Å². The summed E-state index contributed by atoms with van der Waals surface area (Å²) in [6, 6.07) is 6.58. The predicted octanol–water partition coefficient (Wildman–Crippen LogP) is 2.64. The van der Waals surface area contributed by atoms with E-state index in [0.717, 1.165) is 42.3 Å². The Balaban J connectivity index is 1.73. The molecule has 1 aliphatic carbocycles. The molecule has 0 saturated heterocycles. The Morgan fingerprint density at radius 2 is 2.18 bits per heavy atom. The zero-order valence-corrected chi connectivity index (χ0v) is 13.2. The topological polar surface area (TPSA) is 85.1 Å². The van der Waals surface area contributed by atoms with Gasteiger partial charge in [-0.1, -0.05) is 6.07 Å². The maximum Gasteiger partial charge on any atom is 0.243 e. The molecule has 1 N–H and O–H groups in total. The summed E-state index contributed by atoms with van der Waals surface area (Å²) in [5.74, 6) is 0.868. The SMILES string of the molecule is O=S(=O)(N[C@@H]1CCCc2occc21)c1cccc2nsnc12. The van der Waals surface area contributed by atoms with E-state index >= 15 is 0 Å². The number of nitrogens with one attached hydrogen (secondary N) is 1. The Labute approximate surface area is 131 Å². The van der Waals surface area contributed by atoms with E-state index in [9.17, 15) is 8.42 Å². The fourth-order valence-corrected chi connectivity index (χ4v) is 4.87. The molecule has 22 heavy (non-hydrogen) atoms. The first-order valence-electron chi connectivity index (χ1n) is 6.95. The van der Waals surface area contributed by atoms with Gasteiger partial charge in [-0.15, -0.1) is 0 Å². The fourth-order valence-electron chi connectivity index (χ4n) is 2.86. The second-order valence-corrected chi connectivity index (χ2v) is 7.46. The Hall–Kier alpha value is -1.77. The number of sulfonamides is 1. The second kappa shape index (κ2) is 5.15. The van der Waals surface area contributed by atoms with Crippen LogP contribution < -0.4 is 4.72 Å². The lowest BCUT2D eigenvalue weighted by atomic mass is 9.94. The number of aryl methyl sites for hydroxylation is 1. The number of hydrogen-bond donors (Lipinski definition) is 1. The number of hydrogen-bond acceptors (Lipinski definition) is 6. The largest absolute Gasteiger partial charge is 0.469 e. The molecule has 0 fully saturated rings. The lowest BCUT2D eigenvalue weighted by molar-refractivity contribution is 0.438. The summed E-state index contributed by atoms with van der Waals surface area (Å²) in [6.07, 6.45) is 4.13. The van der Waals surface area contributed by atoms with Crippen molar-refractivity contribution in [2.75, 3.05) is 0 Å². The Kier molecular flexibility index (Phi) is 3.24. The number of aromatic nitrogens is 2. The summed E-state index contributed by atoms with van der Waals surface area (Å²) in [7, 11) is -3.66. The molecule has 0 spiro atoms. The number of fused-ring (bicyclic) bond motifs is 2. The van der Waals surface area contributed by atoms with Crippen molar-refractivity contribution < 1.29 is 12.8 Å². The van der Waals surface area contributed by atoms with Crippen LogP contribution in [0.1, 0.15) is 30.2 Å². The van der Waals surface area contributed by atoms with E-state index in [2.05, 4.69) is 13.5 Å². The monoisotopic (exact) mass is 335 g/mol. The van der Waals surface area contributed by atoms with Crippen molar-refractivity contribution in [3.8, 4) is 0 Å². The van der Waals surface area contributed by atoms with E-state index in [1.54, 1.807) is 24.5 Å². The zero-order chi connectivity index (χ0) is 15.2. The number of furan rings is 1. The van der Waals surface area contributed by atoms with Crippen molar-refractivity contribution in [1.29, 1.82) is 0 Å². The van der Waals surface area contributed by atoms with E-state index in [-0.39, 0.29) is 10.9 Å². The molecule has 0 radical (unpaired) electrons. The molecule has 4 rings (SSSR count). The van der Waals surface area contributed by atoms with Crippen LogP contribution in [0.25, 0.3) is 11.0 Å². The van der Waals surface area contributed by atoms with Gasteiger partial charge in [0.2, 0.25) is 10.0 Å². The standard InChI is InChI=1S/C14H13N3O3S2/c18-22(19,13-6-2-4-11-14(13)16-21-15-11)17-10-3-1-5-12-9(10)7-8-20-12/h2,4,6-8,10,17H,1,3,5H2/t10-/m1/s1. The highest BCUT2D eigenvalue weighted by Crippen LogP contribution is 2.32. The molecule has 0 aliphatic heterocycles. The van der Waals surface area contributed by atoms with Crippen LogP contribution in [0, 0.1) is 0 Å². The summed E-state index contributed by atoms with van der Waals surface area (Å²) in [6.45, 7) is 0. The third kappa shape index (κ3) is 2.23. The number of nitrogens with zero attached hydrogens (tertiary/aromatic N) is 2. The summed E-state index contributed by atoms with van der Waals surface area (Å²) in [5, 5.41) is 0. The van der Waals surface area contributed by atoms with Crippen LogP contribution >= 0.6 is 11.7 Å². The first-order valence-corrected chi connectivity index (χ1v) is 9.16. The molecule has 1 atom stereocenters. The van der Waals surface area contributed by atoms with Crippen LogP contribution in [0.3, 0.4) is 0 Å². The lowest BCUT2D eigenvalue weighted by Crippen LogP contribution is -2.30. The van der Waals surface area contributed by atoms with Gasteiger partial charge in [0.25, 0.3) is 0 Å². The normalized spacial score (nSPS) is 18.5. The third-order valence-corrected chi connectivity index (χ3v) is 5.93. The quantitative estimate of drug-likeness (QED) is 0.795. The Morgan fingerprint density at radius 3 is 3.09 bits per heavy atom. The number of rotatable bonds is 3. The molecule has 0 unspecified atom stereocenters. The molecule has 0 saturated carbocycles. The molecule has 1 aromatic carbocycles. The van der Waals surface area contributed by atoms with Gasteiger partial charge in [-0.05, 0) is 31.0 Å². The summed E-state index contributed by atoms with van der Waals surface area (Å²) < 4.78 is 41.9. The van der Waals surface area contributed by atoms with Gasteiger partial charge in [0.15, 0.2) is 0 Å². The maximum atomic E-state index is 12.7. The highest BCUT2D eigenvalue weighted by molar-refractivity contribution is 7.89. The van der Waals surface area contributed by atoms with Crippen LogP contribution in [0.4, 0.5) is 0 Å². The van der Waals surface area contributed by atoms with Gasteiger partial charge in [0.05, 0.1) is 24.0 Å². The molecule has 6 nitrogen and oxygen atoms in total. The zero-order valence-electron chi connectivity index (χ0n) is 11.5. The molecule has 114 valence electrons. The van der Waals surface area contributed by atoms with E-state index in [0.29, 0.717) is 11.0 Å². The molecule has 2 heterocycles. The van der Waals surface area contributed by atoms with Gasteiger partial charge >= 0.3 is 0 Å². The van der Waals surface area contributed by atoms with Crippen molar-refractivity contribution in [2.45, 2.75) is 30.2 Å². The molecule has 0 bridgehead atoms. The molecular weight excluding hydrogens is 322 g/mol. The third-order valence-electron chi connectivity index (χ3n) is 3.89. The van der Waals surface area contributed by atoms with E-state index in [4.69, 9.17) is 4.42 Å².